The van der Waals surface area contributed by atoms with Crippen LogP contribution in [-0.2, 0) is 4.79 Å². The highest BCUT2D eigenvalue weighted by atomic mass is 16.7. The van der Waals surface area contributed by atoms with Crippen LogP contribution in [0.25, 0.3) is 6.08 Å². The maximum atomic E-state index is 11.8. The monoisotopic (exact) mass is 276 g/mol. The lowest BCUT2D eigenvalue weighted by Crippen LogP contribution is -2.39. The van der Waals surface area contributed by atoms with Crippen LogP contribution in [0.4, 0.5) is 0 Å². The Hall–Kier alpha value is -2.01. The van der Waals surface area contributed by atoms with Crippen LogP contribution in [0.3, 0.4) is 0 Å². The normalized spacial score (nSPS) is 14.5. The standard InChI is InChI=1S/C15H20N2O3/c1-2-3-12(9-16)17-15(18)7-5-11-4-6-13-14(8-11)20-10-19-13/h4-8,12H,2-3,9-10,16H2,1H3,(H,17,18). The number of hydrogen-bond donors (Lipinski definition) is 2. The first-order valence-corrected chi connectivity index (χ1v) is 6.81. The molecule has 0 radical (unpaired) electrons. The fourth-order valence-corrected chi connectivity index (χ4v) is 2.04. The Morgan fingerprint density at radius 2 is 2.25 bits per heavy atom. The maximum absolute atomic E-state index is 11.8. The van der Waals surface area contributed by atoms with Crippen LogP contribution in [0.1, 0.15) is 25.3 Å². The Kier molecular flexibility index (Phi) is 5.01. The van der Waals surface area contributed by atoms with Gasteiger partial charge in [0, 0.05) is 18.7 Å². The zero-order valence-corrected chi connectivity index (χ0v) is 11.6. The molecule has 2 rings (SSSR count). The summed E-state index contributed by atoms with van der Waals surface area (Å²) in [7, 11) is 0. The molecule has 0 fully saturated rings. The minimum absolute atomic E-state index is 0.0360. The third kappa shape index (κ3) is 3.74. The molecule has 1 atom stereocenters. The zero-order chi connectivity index (χ0) is 14.4. The van der Waals surface area contributed by atoms with Gasteiger partial charge in [-0.1, -0.05) is 19.4 Å². The highest BCUT2D eigenvalue weighted by Crippen LogP contribution is 2.32. The highest BCUT2D eigenvalue weighted by molar-refractivity contribution is 5.92. The van der Waals surface area contributed by atoms with E-state index < -0.39 is 0 Å². The summed E-state index contributed by atoms with van der Waals surface area (Å²) < 4.78 is 10.5. The quantitative estimate of drug-likeness (QED) is 0.775. The molecule has 1 heterocycles. The minimum Gasteiger partial charge on any atom is -0.454 e. The van der Waals surface area contributed by atoms with Gasteiger partial charge in [0.05, 0.1) is 0 Å². The minimum atomic E-state index is -0.133. The fourth-order valence-electron chi connectivity index (χ4n) is 2.04. The molecule has 0 spiro atoms. The number of amides is 1. The van der Waals surface area contributed by atoms with Gasteiger partial charge in [0.15, 0.2) is 11.5 Å². The molecule has 1 aliphatic rings. The summed E-state index contributed by atoms with van der Waals surface area (Å²) in [5, 5.41) is 2.88. The van der Waals surface area contributed by atoms with Crippen molar-refractivity contribution in [3.8, 4) is 11.5 Å². The van der Waals surface area contributed by atoms with Gasteiger partial charge in [0.2, 0.25) is 12.7 Å². The van der Waals surface area contributed by atoms with Crippen LogP contribution < -0.4 is 20.5 Å². The molecule has 1 aliphatic heterocycles. The van der Waals surface area contributed by atoms with E-state index in [4.69, 9.17) is 15.2 Å². The topological polar surface area (TPSA) is 73.6 Å². The van der Waals surface area contributed by atoms with Crippen molar-refractivity contribution in [1.82, 2.24) is 5.32 Å². The van der Waals surface area contributed by atoms with Crippen molar-refractivity contribution in [1.29, 1.82) is 0 Å². The number of ether oxygens (including phenoxy) is 2. The second-order valence-corrected chi connectivity index (χ2v) is 4.68. The number of hydrogen-bond acceptors (Lipinski definition) is 4. The SMILES string of the molecule is CCCC(CN)NC(=O)C=Cc1ccc2c(c1)OCO2. The van der Waals surface area contributed by atoms with Gasteiger partial charge in [-0.25, -0.2) is 0 Å². The lowest BCUT2D eigenvalue weighted by atomic mass is 10.1. The van der Waals surface area contributed by atoms with Gasteiger partial charge in [-0.3, -0.25) is 4.79 Å². The largest absolute Gasteiger partial charge is 0.454 e. The average Bonchev–Trinajstić information content (AvgIpc) is 2.92. The first kappa shape index (κ1) is 14.4. The lowest BCUT2D eigenvalue weighted by molar-refractivity contribution is -0.117. The van der Waals surface area contributed by atoms with Crippen molar-refractivity contribution < 1.29 is 14.3 Å². The predicted octanol–water partition coefficient (Wildman–Crippen LogP) is 1.67. The molecule has 0 aliphatic carbocycles. The molecule has 1 unspecified atom stereocenters. The van der Waals surface area contributed by atoms with Crippen molar-refractivity contribution in [2.75, 3.05) is 13.3 Å². The van der Waals surface area contributed by atoms with Gasteiger partial charge in [0.25, 0.3) is 0 Å². The first-order chi connectivity index (χ1) is 9.72. The summed E-state index contributed by atoms with van der Waals surface area (Å²) >= 11 is 0. The molecule has 0 saturated heterocycles. The van der Waals surface area contributed by atoms with Gasteiger partial charge < -0.3 is 20.5 Å². The summed E-state index contributed by atoms with van der Waals surface area (Å²) in [5.74, 6) is 1.31. The second kappa shape index (κ2) is 6.96. The van der Waals surface area contributed by atoms with E-state index in [1.807, 2.05) is 18.2 Å². The van der Waals surface area contributed by atoms with Crippen molar-refractivity contribution in [2.45, 2.75) is 25.8 Å². The van der Waals surface area contributed by atoms with E-state index in [0.717, 1.165) is 24.2 Å². The molecule has 3 N–H and O–H groups in total. The van der Waals surface area contributed by atoms with Gasteiger partial charge in [-0.15, -0.1) is 0 Å². The van der Waals surface area contributed by atoms with Crippen molar-refractivity contribution in [3.63, 3.8) is 0 Å². The number of carbonyl (C=O) groups is 1. The van der Waals surface area contributed by atoms with E-state index >= 15 is 0 Å². The fraction of sp³-hybridized carbons (Fsp3) is 0.400. The van der Waals surface area contributed by atoms with Crippen LogP contribution in [-0.4, -0.2) is 25.3 Å². The Labute approximate surface area is 118 Å². The summed E-state index contributed by atoms with van der Waals surface area (Å²) in [5.41, 5.74) is 6.50. The van der Waals surface area contributed by atoms with Crippen LogP contribution in [0.2, 0.25) is 0 Å². The van der Waals surface area contributed by atoms with Gasteiger partial charge in [-0.2, -0.15) is 0 Å². The Balaban J connectivity index is 1.93. The molecule has 0 aromatic heterocycles. The van der Waals surface area contributed by atoms with Crippen molar-refractivity contribution >= 4 is 12.0 Å². The van der Waals surface area contributed by atoms with E-state index in [-0.39, 0.29) is 18.7 Å². The van der Waals surface area contributed by atoms with Crippen molar-refractivity contribution in [3.05, 3.63) is 29.8 Å². The van der Waals surface area contributed by atoms with E-state index in [2.05, 4.69) is 12.2 Å². The van der Waals surface area contributed by atoms with E-state index in [1.54, 1.807) is 6.08 Å². The molecule has 108 valence electrons. The molecule has 0 bridgehead atoms. The lowest BCUT2D eigenvalue weighted by Gasteiger charge is -2.14. The molecule has 5 heteroatoms. The highest BCUT2D eigenvalue weighted by Gasteiger charge is 2.12. The van der Waals surface area contributed by atoms with E-state index in [0.29, 0.717) is 12.3 Å². The Bertz CT molecular complexity index is 500. The molecular formula is C15H20N2O3. The molecule has 0 saturated carbocycles. The summed E-state index contributed by atoms with van der Waals surface area (Å²) in [6.45, 7) is 2.77. The average molecular weight is 276 g/mol. The number of rotatable bonds is 6. The Morgan fingerprint density at radius 3 is 3.00 bits per heavy atom. The Morgan fingerprint density at radius 1 is 1.45 bits per heavy atom. The first-order valence-electron chi connectivity index (χ1n) is 6.81. The van der Waals surface area contributed by atoms with Gasteiger partial charge >= 0.3 is 0 Å². The second-order valence-electron chi connectivity index (χ2n) is 4.68. The number of carbonyl (C=O) groups excluding carboxylic acids is 1. The number of nitrogens with two attached hydrogens (primary N) is 1. The van der Waals surface area contributed by atoms with Crippen LogP contribution in [0, 0.1) is 0 Å². The molecule has 5 nitrogen and oxygen atoms in total. The third-order valence-corrected chi connectivity index (χ3v) is 3.09. The molecule has 1 aromatic rings. The predicted molar refractivity (Wildman–Crippen MR) is 77.5 cm³/mol. The van der Waals surface area contributed by atoms with Crippen LogP contribution >= 0.6 is 0 Å². The smallest absolute Gasteiger partial charge is 0.244 e. The van der Waals surface area contributed by atoms with Gasteiger partial charge in [-0.05, 0) is 30.2 Å². The zero-order valence-electron chi connectivity index (χ0n) is 11.6. The van der Waals surface area contributed by atoms with Crippen LogP contribution in [0.15, 0.2) is 24.3 Å². The van der Waals surface area contributed by atoms with E-state index in [1.165, 1.54) is 6.08 Å². The number of benzene rings is 1. The van der Waals surface area contributed by atoms with Gasteiger partial charge in [0.1, 0.15) is 0 Å². The summed E-state index contributed by atoms with van der Waals surface area (Å²) in [4.78, 5) is 11.8. The van der Waals surface area contributed by atoms with Crippen molar-refractivity contribution in [2.24, 2.45) is 5.73 Å². The van der Waals surface area contributed by atoms with Crippen LogP contribution in [0.5, 0.6) is 11.5 Å². The number of nitrogens with one attached hydrogen (secondary N) is 1. The molecular weight excluding hydrogens is 256 g/mol. The maximum Gasteiger partial charge on any atom is 0.244 e. The molecule has 1 amide bonds. The third-order valence-electron chi connectivity index (χ3n) is 3.09. The number of fused-ring (bicyclic) bond motifs is 1. The molecule has 1 aromatic carbocycles. The summed E-state index contributed by atoms with van der Waals surface area (Å²) in [6, 6.07) is 5.59. The molecule has 20 heavy (non-hydrogen) atoms. The summed E-state index contributed by atoms with van der Waals surface area (Å²) in [6.07, 6.45) is 5.14. The van der Waals surface area contributed by atoms with E-state index in [9.17, 15) is 4.79 Å².